The summed E-state index contributed by atoms with van der Waals surface area (Å²) in [6.07, 6.45) is -5.28. The Kier molecular flexibility index (Phi) is 4.84. The van der Waals surface area contributed by atoms with E-state index in [9.17, 15) is 26.3 Å². The van der Waals surface area contributed by atoms with E-state index < -0.39 is 24.0 Å². The van der Waals surface area contributed by atoms with Crippen molar-refractivity contribution in [2.75, 3.05) is 6.54 Å². The molecule has 1 aromatic rings. The van der Waals surface area contributed by atoms with Gasteiger partial charge in [0.1, 0.15) is 11.9 Å². The fraction of sp³-hybridized carbons (Fsp3) is 0.500. The van der Waals surface area contributed by atoms with Crippen LogP contribution in [0.3, 0.4) is 0 Å². The summed E-state index contributed by atoms with van der Waals surface area (Å²) in [4.78, 5) is 0. The summed E-state index contributed by atoms with van der Waals surface area (Å²) in [5.74, 6) is -5.63. The van der Waals surface area contributed by atoms with Gasteiger partial charge in [-0.05, 0) is 30.7 Å². The van der Waals surface area contributed by atoms with E-state index >= 15 is 0 Å². The molecule has 0 radical (unpaired) electrons. The fourth-order valence-corrected chi connectivity index (χ4v) is 1.56. The third kappa shape index (κ3) is 3.62. The van der Waals surface area contributed by atoms with Crippen LogP contribution in [0.2, 0.25) is 0 Å². The van der Waals surface area contributed by atoms with Crippen LogP contribution < -0.4 is 5.32 Å². The van der Waals surface area contributed by atoms with Crippen LogP contribution in [0.4, 0.5) is 26.3 Å². The lowest BCUT2D eigenvalue weighted by molar-refractivity contribution is -0.294. The smallest absolute Gasteiger partial charge is 0.305 e. The average molecular weight is 285 g/mol. The monoisotopic (exact) mass is 285 g/mol. The third-order valence-electron chi connectivity index (χ3n) is 2.54. The molecule has 0 spiro atoms. The number of rotatable bonds is 5. The van der Waals surface area contributed by atoms with Crippen molar-refractivity contribution < 1.29 is 26.3 Å². The van der Waals surface area contributed by atoms with Crippen LogP contribution in [0.15, 0.2) is 24.3 Å². The number of nitrogens with one attached hydrogen (secondary N) is 1. The Labute approximate surface area is 106 Å². The van der Waals surface area contributed by atoms with E-state index in [1.54, 1.807) is 6.92 Å². The predicted octanol–water partition coefficient (Wildman–Crippen LogP) is 4.06. The van der Waals surface area contributed by atoms with Crippen molar-refractivity contribution in [3.63, 3.8) is 0 Å². The highest BCUT2D eigenvalue weighted by atomic mass is 19.4. The first-order chi connectivity index (χ1) is 8.70. The first-order valence-corrected chi connectivity index (χ1v) is 5.63. The molecule has 19 heavy (non-hydrogen) atoms. The Morgan fingerprint density at radius 3 is 2.00 bits per heavy atom. The van der Waals surface area contributed by atoms with E-state index in [0.717, 1.165) is 24.3 Å². The second-order valence-corrected chi connectivity index (χ2v) is 4.06. The minimum absolute atomic E-state index is 0.00624. The summed E-state index contributed by atoms with van der Waals surface area (Å²) in [6.45, 7) is 1.63. The van der Waals surface area contributed by atoms with Crippen LogP contribution in [0.5, 0.6) is 0 Å². The molecule has 0 heterocycles. The van der Waals surface area contributed by atoms with Gasteiger partial charge in [-0.3, -0.25) is 0 Å². The van der Waals surface area contributed by atoms with Gasteiger partial charge >= 0.3 is 12.1 Å². The van der Waals surface area contributed by atoms with Gasteiger partial charge in [0, 0.05) is 0 Å². The molecule has 0 aliphatic heterocycles. The maximum atomic E-state index is 13.4. The first-order valence-electron chi connectivity index (χ1n) is 5.63. The van der Waals surface area contributed by atoms with Crippen LogP contribution in [0.25, 0.3) is 0 Å². The zero-order chi connectivity index (χ0) is 14.7. The lowest BCUT2D eigenvalue weighted by atomic mass is 9.99. The maximum absolute atomic E-state index is 13.4. The molecular weight excluding hydrogens is 272 g/mol. The predicted molar refractivity (Wildman–Crippen MR) is 58.4 cm³/mol. The zero-order valence-corrected chi connectivity index (χ0v) is 10.1. The van der Waals surface area contributed by atoms with E-state index in [0.29, 0.717) is 6.42 Å². The van der Waals surface area contributed by atoms with Gasteiger partial charge < -0.3 is 5.32 Å². The zero-order valence-electron chi connectivity index (χ0n) is 10.1. The van der Waals surface area contributed by atoms with E-state index in [4.69, 9.17) is 0 Å². The SMILES string of the molecule is CCCNC(c1ccc(F)cc1)C(F)(F)C(F)(F)F. The highest BCUT2D eigenvalue weighted by Crippen LogP contribution is 2.44. The topological polar surface area (TPSA) is 12.0 Å². The molecule has 1 aromatic carbocycles. The van der Waals surface area contributed by atoms with Crippen LogP contribution in [0, 0.1) is 5.82 Å². The molecule has 0 fully saturated rings. The Bertz CT molecular complexity index is 398. The summed E-state index contributed by atoms with van der Waals surface area (Å²) in [5.41, 5.74) is -0.308. The van der Waals surface area contributed by atoms with Gasteiger partial charge in [0.15, 0.2) is 0 Å². The highest BCUT2D eigenvalue weighted by Gasteiger charge is 2.62. The molecule has 0 aliphatic carbocycles. The standard InChI is InChI=1S/C12H13F6N/c1-2-7-19-10(11(14,15)12(16,17)18)8-3-5-9(13)6-4-8/h3-6,10,19H,2,7H2,1H3. The molecule has 1 atom stereocenters. The Morgan fingerprint density at radius 1 is 1.05 bits per heavy atom. The highest BCUT2D eigenvalue weighted by molar-refractivity contribution is 5.23. The molecule has 0 amide bonds. The summed E-state index contributed by atoms with van der Waals surface area (Å²) in [5, 5.41) is 2.16. The van der Waals surface area contributed by atoms with E-state index in [-0.39, 0.29) is 12.1 Å². The Balaban J connectivity index is 3.11. The molecule has 1 unspecified atom stereocenters. The van der Waals surface area contributed by atoms with Gasteiger partial charge in [0.25, 0.3) is 0 Å². The minimum atomic E-state index is -5.67. The average Bonchev–Trinajstić information content (AvgIpc) is 2.30. The van der Waals surface area contributed by atoms with Crippen molar-refractivity contribution in [3.05, 3.63) is 35.6 Å². The largest absolute Gasteiger partial charge is 0.455 e. The summed E-state index contributed by atoms with van der Waals surface area (Å²) in [7, 11) is 0. The summed E-state index contributed by atoms with van der Waals surface area (Å²) in [6, 6.07) is 1.31. The van der Waals surface area contributed by atoms with E-state index in [1.807, 2.05) is 0 Å². The van der Waals surface area contributed by atoms with E-state index in [1.165, 1.54) is 0 Å². The molecular formula is C12H13F6N. The molecule has 1 nitrogen and oxygen atoms in total. The van der Waals surface area contributed by atoms with Crippen LogP contribution >= 0.6 is 0 Å². The third-order valence-corrected chi connectivity index (χ3v) is 2.54. The number of halogens is 6. The quantitative estimate of drug-likeness (QED) is 0.804. The Morgan fingerprint density at radius 2 is 1.58 bits per heavy atom. The van der Waals surface area contributed by atoms with Crippen LogP contribution in [-0.2, 0) is 0 Å². The number of alkyl halides is 5. The van der Waals surface area contributed by atoms with Gasteiger partial charge in [-0.15, -0.1) is 0 Å². The lowest BCUT2D eigenvalue weighted by Crippen LogP contribution is -2.48. The number of benzene rings is 1. The van der Waals surface area contributed by atoms with Crippen molar-refractivity contribution in [1.29, 1.82) is 0 Å². The molecule has 0 saturated carbocycles. The van der Waals surface area contributed by atoms with Crippen molar-refractivity contribution in [1.82, 2.24) is 5.32 Å². The second kappa shape index (κ2) is 5.81. The molecule has 1 rings (SSSR count). The molecule has 0 bridgehead atoms. The number of hydrogen-bond acceptors (Lipinski definition) is 1. The molecule has 0 saturated heterocycles. The fourth-order valence-electron chi connectivity index (χ4n) is 1.56. The molecule has 7 heteroatoms. The van der Waals surface area contributed by atoms with Gasteiger partial charge in [-0.2, -0.15) is 22.0 Å². The number of hydrogen-bond donors (Lipinski definition) is 1. The Hall–Kier alpha value is -1.24. The van der Waals surface area contributed by atoms with Gasteiger partial charge in [-0.1, -0.05) is 19.1 Å². The summed E-state index contributed by atoms with van der Waals surface area (Å²) >= 11 is 0. The maximum Gasteiger partial charge on any atom is 0.455 e. The van der Waals surface area contributed by atoms with Gasteiger partial charge in [0.2, 0.25) is 0 Å². The second-order valence-electron chi connectivity index (χ2n) is 4.06. The van der Waals surface area contributed by atoms with Crippen molar-refractivity contribution >= 4 is 0 Å². The van der Waals surface area contributed by atoms with Crippen molar-refractivity contribution in [2.45, 2.75) is 31.5 Å². The van der Waals surface area contributed by atoms with Gasteiger partial charge in [-0.25, -0.2) is 4.39 Å². The minimum Gasteiger partial charge on any atom is -0.305 e. The summed E-state index contributed by atoms with van der Waals surface area (Å²) < 4.78 is 76.8. The van der Waals surface area contributed by atoms with Crippen LogP contribution in [0.1, 0.15) is 24.9 Å². The lowest BCUT2D eigenvalue weighted by Gasteiger charge is -2.29. The van der Waals surface area contributed by atoms with E-state index in [2.05, 4.69) is 5.32 Å². The molecule has 1 N–H and O–H groups in total. The molecule has 108 valence electrons. The molecule has 0 aliphatic rings. The molecule has 0 aromatic heterocycles. The van der Waals surface area contributed by atoms with Gasteiger partial charge in [0.05, 0.1) is 0 Å². The van der Waals surface area contributed by atoms with Crippen molar-refractivity contribution in [3.8, 4) is 0 Å². The normalized spacial score (nSPS) is 14.5. The van der Waals surface area contributed by atoms with Crippen LogP contribution in [-0.4, -0.2) is 18.6 Å². The van der Waals surface area contributed by atoms with Crippen molar-refractivity contribution in [2.24, 2.45) is 0 Å². The first kappa shape index (κ1) is 15.8.